The van der Waals surface area contributed by atoms with Gasteiger partial charge in [0.25, 0.3) is 0 Å². The number of para-hydroxylation sites is 1. The van der Waals surface area contributed by atoms with Gasteiger partial charge in [-0.1, -0.05) is 54.4 Å². The van der Waals surface area contributed by atoms with Crippen LogP contribution in [0.5, 0.6) is 0 Å². The Hall–Kier alpha value is -2.29. The van der Waals surface area contributed by atoms with Gasteiger partial charge in [-0.15, -0.1) is 0 Å². The summed E-state index contributed by atoms with van der Waals surface area (Å²) in [6.45, 7) is 3.62. The molecule has 0 fully saturated rings. The monoisotopic (exact) mass is 499 g/mol. The van der Waals surface area contributed by atoms with Crippen LogP contribution in [0.15, 0.2) is 48.5 Å². The van der Waals surface area contributed by atoms with Crippen LogP contribution in [0.2, 0.25) is 10.0 Å². The van der Waals surface area contributed by atoms with E-state index in [9.17, 15) is 18.0 Å². The molecule has 2 aromatic rings. The van der Waals surface area contributed by atoms with Crippen LogP contribution in [-0.4, -0.2) is 50.5 Å². The third-order valence-corrected chi connectivity index (χ3v) is 6.50. The summed E-state index contributed by atoms with van der Waals surface area (Å²) in [5, 5.41) is 3.49. The van der Waals surface area contributed by atoms with Gasteiger partial charge in [-0.25, -0.2) is 8.42 Å². The second-order valence-corrected chi connectivity index (χ2v) is 9.94. The number of amides is 2. The first kappa shape index (κ1) is 26.0. The number of anilines is 1. The average Bonchev–Trinajstić information content (AvgIpc) is 2.73. The molecule has 0 spiro atoms. The van der Waals surface area contributed by atoms with Crippen molar-refractivity contribution in [3.63, 3.8) is 0 Å². The molecule has 0 aliphatic heterocycles. The Kier molecular flexibility index (Phi) is 9.36. The second kappa shape index (κ2) is 11.5. The van der Waals surface area contributed by atoms with Crippen LogP contribution in [-0.2, 0) is 26.2 Å². The Labute approximate surface area is 199 Å². The van der Waals surface area contributed by atoms with Crippen molar-refractivity contribution in [2.24, 2.45) is 0 Å². The number of nitrogens with one attached hydrogen (secondary N) is 1. The summed E-state index contributed by atoms with van der Waals surface area (Å²) in [7, 11) is -3.83. The van der Waals surface area contributed by atoms with E-state index in [1.54, 1.807) is 56.3 Å². The van der Waals surface area contributed by atoms with E-state index in [2.05, 4.69) is 5.32 Å². The minimum Gasteiger partial charge on any atom is -0.355 e. The smallest absolute Gasteiger partial charge is 0.244 e. The SMILES string of the molecule is CCNC(=O)[C@@H](CC)N(Cc1ccc(Cl)cc1)C(=O)CN(c1ccccc1Cl)S(C)(=O)=O. The number of nitrogens with zero attached hydrogens (tertiary/aromatic N) is 2. The fourth-order valence-electron chi connectivity index (χ4n) is 3.25. The van der Waals surface area contributed by atoms with Gasteiger partial charge in [-0.2, -0.15) is 0 Å². The average molecular weight is 500 g/mol. The fraction of sp³-hybridized carbons (Fsp3) is 0.364. The van der Waals surface area contributed by atoms with E-state index in [1.165, 1.54) is 11.0 Å². The van der Waals surface area contributed by atoms with E-state index in [0.717, 1.165) is 16.1 Å². The van der Waals surface area contributed by atoms with Gasteiger partial charge in [0.05, 0.1) is 17.0 Å². The fourth-order valence-corrected chi connectivity index (χ4v) is 4.52. The molecule has 0 aromatic heterocycles. The zero-order valence-electron chi connectivity index (χ0n) is 18.2. The summed E-state index contributed by atoms with van der Waals surface area (Å²) < 4.78 is 26.0. The minimum absolute atomic E-state index is 0.117. The molecule has 0 aliphatic carbocycles. The summed E-state index contributed by atoms with van der Waals surface area (Å²) in [4.78, 5) is 27.5. The molecule has 0 saturated heterocycles. The Bertz CT molecular complexity index is 1050. The van der Waals surface area contributed by atoms with Crippen molar-refractivity contribution < 1.29 is 18.0 Å². The summed E-state index contributed by atoms with van der Waals surface area (Å²) in [6.07, 6.45) is 1.37. The van der Waals surface area contributed by atoms with Crippen LogP contribution in [0.25, 0.3) is 0 Å². The standard InChI is InChI=1S/C22H27Cl2N3O4S/c1-4-19(22(29)25-5-2)26(14-16-10-12-17(23)13-11-16)21(28)15-27(32(3,30)31)20-9-7-6-8-18(20)24/h6-13,19H,4-5,14-15H2,1-3H3,(H,25,29)/t19-/m1/s1. The number of hydrogen-bond acceptors (Lipinski definition) is 4. The number of hydrogen-bond donors (Lipinski definition) is 1. The van der Waals surface area contributed by atoms with Crippen molar-refractivity contribution in [1.82, 2.24) is 10.2 Å². The van der Waals surface area contributed by atoms with Gasteiger partial charge in [-0.3, -0.25) is 13.9 Å². The molecule has 0 aliphatic rings. The summed E-state index contributed by atoms with van der Waals surface area (Å²) in [5.41, 5.74) is 0.955. The number of carbonyl (C=O) groups is 2. The van der Waals surface area contributed by atoms with Crippen molar-refractivity contribution >= 4 is 50.7 Å². The Morgan fingerprint density at radius 1 is 1.03 bits per heavy atom. The highest BCUT2D eigenvalue weighted by atomic mass is 35.5. The van der Waals surface area contributed by atoms with Crippen molar-refractivity contribution in [3.8, 4) is 0 Å². The van der Waals surface area contributed by atoms with Crippen molar-refractivity contribution in [2.75, 3.05) is 23.7 Å². The van der Waals surface area contributed by atoms with E-state index in [0.29, 0.717) is 18.0 Å². The molecular weight excluding hydrogens is 473 g/mol. The van der Waals surface area contributed by atoms with Crippen LogP contribution in [0.4, 0.5) is 5.69 Å². The van der Waals surface area contributed by atoms with Crippen LogP contribution >= 0.6 is 23.2 Å². The van der Waals surface area contributed by atoms with E-state index in [-0.39, 0.29) is 23.2 Å². The number of likely N-dealkylation sites (N-methyl/N-ethyl adjacent to an activating group) is 1. The quantitative estimate of drug-likeness (QED) is 0.539. The normalized spacial score (nSPS) is 12.2. The first-order chi connectivity index (χ1) is 15.1. The van der Waals surface area contributed by atoms with E-state index in [4.69, 9.17) is 23.2 Å². The molecular formula is C22H27Cl2N3O4S. The van der Waals surface area contributed by atoms with Gasteiger partial charge in [-0.05, 0) is 43.2 Å². The maximum Gasteiger partial charge on any atom is 0.244 e. The molecule has 0 saturated carbocycles. The minimum atomic E-state index is -3.83. The van der Waals surface area contributed by atoms with Crippen LogP contribution < -0.4 is 9.62 Å². The van der Waals surface area contributed by atoms with E-state index in [1.807, 2.05) is 0 Å². The highest BCUT2D eigenvalue weighted by molar-refractivity contribution is 7.92. The summed E-state index contributed by atoms with van der Waals surface area (Å²) >= 11 is 12.2. The lowest BCUT2D eigenvalue weighted by Gasteiger charge is -2.33. The first-order valence-corrected chi connectivity index (χ1v) is 12.7. The van der Waals surface area contributed by atoms with Gasteiger partial charge in [0.2, 0.25) is 21.8 Å². The molecule has 0 unspecified atom stereocenters. The predicted octanol–water partition coefficient (Wildman–Crippen LogP) is 3.70. The van der Waals surface area contributed by atoms with Crippen LogP contribution in [0.3, 0.4) is 0 Å². The van der Waals surface area contributed by atoms with E-state index >= 15 is 0 Å². The zero-order valence-corrected chi connectivity index (χ0v) is 20.5. The Morgan fingerprint density at radius 3 is 2.19 bits per heavy atom. The van der Waals surface area contributed by atoms with Crippen molar-refractivity contribution in [3.05, 3.63) is 64.1 Å². The lowest BCUT2D eigenvalue weighted by Crippen LogP contribution is -2.52. The lowest BCUT2D eigenvalue weighted by molar-refractivity contribution is -0.140. The first-order valence-electron chi connectivity index (χ1n) is 10.1. The third kappa shape index (κ3) is 6.85. The largest absolute Gasteiger partial charge is 0.355 e. The number of rotatable bonds is 10. The molecule has 0 heterocycles. The van der Waals surface area contributed by atoms with Gasteiger partial charge < -0.3 is 10.2 Å². The number of benzene rings is 2. The number of sulfonamides is 1. The molecule has 10 heteroatoms. The van der Waals surface area contributed by atoms with Crippen LogP contribution in [0.1, 0.15) is 25.8 Å². The second-order valence-electron chi connectivity index (χ2n) is 7.19. The third-order valence-electron chi connectivity index (χ3n) is 4.80. The molecule has 2 rings (SSSR count). The van der Waals surface area contributed by atoms with Gasteiger partial charge in [0, 0.05) is 18.1 Å². The topological polar surface area (TPSA) is 86.8 Å². The highest BCUT2D eigenvalue weighted by Crippen LogP contribution is 2.27. The van der Waals surface area contributed by atoms with Gasteiger partial charge in [0.15, 0.2) is 0 Å². The molecule has 174 valence electrons. The van der Waals surface area contributed by atoms with Gasteiger partial charge in [0.1, 0.15) is 12.6 Å². The zero-order chi connectivity index (χ0) is 23.9. The molecule has 1 N–H and O–H groups in total. The molecule has 0 radical (unpaired) electrons. The molecule has 2 amide bonds. The number of halogens is 2. The number of carbonyl (C=O) groups excluding carboxylic acids is 2. The molecule has 0 bridgehead atoms. The molecule has 32 heavy (non-hydrogen) atoms. The Balaban J connectivity index is 2.43. The summed E-state index contributed by atoms with van der Waals surface area (Å²) in [5.74, 6) is -0.829. The predicted molar refractivity (Wildman–Crippen MR) is 128 cm³/mol. The summed E-state index contributed by atoms with van der Waals surface area (Å²) in [6, 6.07) is 12.5. The highest BCUT2D eigenvalue weighted by Gasteiger charge is 2.32. The molecule has 7 nitrogen and oxygen atoms in total. The molecule has 2 aromatic carbocycles. The van der Waals surface area contributed by atoms with Crippen LogP contribution in [0, 0.1) is 0 Å². The van der Waals surface area contributed by atoms with Crippen molar-refractivity contribution in [1.29, 1.82) is 0 Å². The maximum absolute atomic E-state index is 13.4. The van der Waals surface area contributed by atoms with Gasteiger partial charge >= 0.3 is 0 Å². The van der Waals surface area contributed by atoms with Crippen molar-refractivity contribution in [2.45, 2.75) is 32.9 Å². The molecule has 1 atom stereocenters. The Morgan fingerprint density at radius 2 is 1.66 bits per heavy atom. The van der Waals surface area contributed by atoms with E-state index < -0.39 is 28.5 Å². The maximum atomic E-state index is 13.4. The lowest BCUT2D eigenvalue weighted by atomic mass is 10.1.